The molecule has 3 rings (SSSR count). The fourth-order valence-electron chi connectivity index (χ4n) is 2.26. The van der Waals surface area contributed by atoms with Crippen LogP contribution in [0.15, 0.2) is 35.7 Å². The summed E-state index contributed by atoms with van der Waals surface area (Å²) in [6, 6.07) is 9.38. The van der Waals surface area contributed by atoms with Gasteiger partial charge in [0.15, 0.2) is 0 Å². The van der Waals surface area contributed by atoms with Gasteiger partial charge in [-0.3, -0.25) is 0 Å². The van der Waals surface area contributed by atoms with Gasteiger partial charge in [0.25, 0.3) is 0 Å². The van der Waals surface area contributed by atoms with Crippen LogP contribution in [0.4, 0.5) is 0 Å². The summed E-state index contributed by atoms with van der Waals surface area (Å²) < 4.78 is 0. The average Bonchev–Trinajstić information content (AvgIpc) is 3.15. The van der Waals surface area contributed by atoms with E-state index in [9.17, 15) is 9.90 Å². The van der Waals surface area contributed by atoms with E-state index in [-0.39, 0.29) is 5.56 Å². The van der Waals surface area contributed by atoms with Crippen LogP contribution in [0.3, 0.4) is 0 Å². The first-order valence-electron chi connectivity index (χ1n) is 6.25. The molecule has 1 aliphatic rings. The van der Waals surface area contributed by atoms with E-state index >= 15 is 0 Å². The van der Waals surface area contributed by atoms with Gasteiger partial charge in [-0.2, -0.15) is 0 Å². The van der Waals surface area contributed by atoms with E-state index in [1.54, 1.807) is 5.38 Å². The van der Waals surface area contributed by atoms with Crippen LogP contribution in [0, 0.1) is 0 Å². The summed E-state index contributed by atoms with van der Waals surface area (Å²) in [6.07, 6.45) is 1.56. The first-order chi connectivity index (χ1) is 9.16. The normalized spacial score (nSPS) is 16.3. The molecular formula is C15H14O3S. The lowest BCUT2D eigenvalue weighted by Gasteiger charge is -2.12. The maximum atomic E-state index is 11.1. The molecule has 1 saturated carbocycles. The van der Waals surface area contributed by atoms with Gasteiger partial charge < -0.3 is 10.2 Å². The molecular weight excluding hydrogens is 260 g/mol. The van der Waals surface area contributed by atoms with E-state index < -0.39 is 12.1 Å². The highest BCUT2D eigenvalue weighted by Gasteiger charge is 2.25. The number of carboxylic acid groups (broad SMARTS) is 1. The van der Waals surface area contributed by atoms with Gasteiger partial charge in [-0.05, 0) is 41.3 Å². The third-order valence-electron chi connectivity index (χ3n) is 3.45. The lowest BCUT2D eigenvalue weighted by Crippen LogP contribution is -2.05. The van der Waals surface area contributed by atoms with Crippen molar-refractivity contribution < 1.29 is 15.0 Å². The topological polar surface area (TPSA) is 57.5 Å². The van der Waals surface area contributed by atoms with Gasteiger partial charge in [-0.25, -0.2) is 4.79 Å². The molecule has 0 spiro atoms. The third-order valence-corrected chi connectivity index (χ3v) is 4.42. The molecule has 2 N–H and O–H groups in total. The quantitative estimate of drug-likeness (QED) is 0.898. The van der Waals surface area contributed by atoms with E-state index in [0.717, 1.165) is 5.56 Å². The summed E-state index contributed by atoms with van der Waals surface area (Å²) >= 11 is 1.28. The van der Waals surface area contributed by atoms with Crippen molar-refractivity contribution in [2.45, 2.75) is 24.9 Å². The lowest BCUT2D eigenvalue weighted by molar-refractivity contribution is 0.0692. The molecule has 2 aromatic rings. The third kappa shape index (κ3) is 2.41. The number of hydrogen-bond donors (Lipinski definition) is 2. The van der Waals surface area contributed by atoms with Crippen molar-refractivity contribution in [3.05, 3.63) is 57.3 Å². The number of hydrogen-bond acceptors (Lipinski definition) is 3. The van der Waals surface area contributed by atoms with Crippen LogP contribution in [0.1, 0.15) is 51.2 Å². The van der Waals surface area contributed by atoms with Crippen LogP contribution in [-0.2, 0) is 0 Å². The molecule has 19 heavy (non-hydrogen) atoms. The Morgan fingerprint density at radius 2 is 2.11 bits per heavy atom. The van der Waals surface area contributed by atoms with Crippen LogP contribution >= 0.6 is 11.3 Å². The van der Waals surface area contributed by atoms with Crippen molar-refractivity contribution >= 4 is 17.3 Å². The van der Waals surface area contributed by atoms with Crippen molar-refractivity contribution in [2.75, 3.05) is 0 Å². The number of aliphatic hydroxyl groups is 1. The van der Waals surface area contributed by atoms with E-state index in [1.807, 2.05) is 18.2 Å². The summed E-state index contributed by atoms with van der Waals surface area (Å²) in [4.78, 5) is 11.6. The number of carbonyl (C=O) groups is 1. The van der Waals surface area contributed by atoms with Crippen LogP contribution < -0.4 is 0 Å². The summed E-state index contributed by atoms with van der Waals surface area (Å²) in [5, 5.41) is 21.2. The number of aromatic carboxylic acids is 1. The van der Waals surface area contributed by atoms with E-state index in [1.165, 1.54) is 35.8 Å². The zero-order valence-corrected chi connectivity index (χ0v) is 11.1. The van der Waals surface area contributed by atoms with Crippen LogP contribution in [-0.4, -0.2) is 16.2 Å². The zero-order chi connectivity index (χ0) is 13.4. The van der Waals surface area contributed by atoms with Crippen molar-refractivity contribution in [3.63, 3.8) is 0 Å². The van der Waals surface area contributed by atoms with Gasteiger partial charge in [0.05, 0.1) is 10.4 Å². The largest absolute Gasteiger partial charge is 0.478 e. The van der Waals surface area contributed by atoms with Crippen LogP contribution in [0.25, 0.3) is 0 Å². The van der Waals surface area contributed by atoms with E-state index in [0.29, 0.717) is 10.8 Å². The predicted octanol–water partition coefficient (Wildman–Crippen LogP) is 3.41. The molecule has 1 atom stereocenters. The van der Waals surface area contributed by atoms with Gasteiger partial charge in [0.1, 0.15) is 6.10 Å². The molecule has 98 valence electrons. The summed E-state index contributed by atoms with van der Waals surface area (Å²) in [5.74, 6) is -0.372. The molecule has 1 aromatic carbocycles. The molecule has 0 aliphatic heterocycles. The van der Waals surface area contributed by atoms with Crippen molar-refractivity contribution in [3.8, 4) is 0 Å². The molecule has 1 heterocycles. The Balaban J connectivity index is 1.94. The van der Waals surface area contributed by atoms with Gasteiger partial charge in [0.2, 0.25) is 0 Å². The van der Waals surface area contributed by atoms with Gasteiger partial charge in [0, 0.05) is 0 Å². The monoisotopic (exact) mass is 274 g/mol. The molecule has 3 nitrogen and oxygen atoms in total. The standard InChI is InChI=1S/C15H14O3S/c16-13(14-12(15(17)18)6-7-19-14)11-3-1-2-10(8-11)9-4-5-9/h1-3,6-9,13,16H,4-5H2,(H,17,18). The minimum absolute atomic E-state index is 0.189. The fourth-order valence-corrected chi connectivity index (χ4v) is 3.16. The SMILES string of the molecule is O=C(O)c1ccsc1C(O)c1cccc(C2CC2)c1. The molecule has 0 amide bonds. The number of benzene rings is 1. The Kier molecular flexibility index (Phi) is 3.12. The van der Waals surface area contributed by atoms with E-state index in [4.69, 9.17) is 5.11 Å². The molecule has 0 bridgehead atoms. The second-order valence-corrected chi connectivity index (χ2v) is 5.80. The molecule has 1 fully saturated rings. The second kappa shape index (κ2) is 4.79. The second-order valence-electron chi connectivity index (χ2n) is 4.85. The molecule has 1 aromatic heterocycles. The Morgan fingerprint density at radius 1 is 1.32 bits per heavy atom. The minimum Gasteiger partial charge on any atom is -0.478 e. The smallest absolute Gasteiger partial charge is 0.336 e. The highest BCUT2D eigenvalue weighted by Crippen LogP contribution is 2.41. The first kappa shape index (κ1) is 12.4. The number of aliphatic hydroxyl groups excluding tert-OH is 1. The summed E-state index contributed by atoms with van der Waals surface area (Å²) in [7, 11) is 0. The van der Waals surface area contributed by atoms with Crippen molar-refractivity contribution in [1.82, 2.24) is 0 Å². The van der Waals surface area contributed by atoms with Gasteiger partial charge in [-0.15, -0.1) is 11.3 Å². The zero-order valence-electron chi connectivity index (χ0n) is 10.2. The first-order valence-corrected chi connectivity index (χ1v) is 7.13. The maximum Gasteiger partial charge on any atom is 0.336 e. The maximum absolute atomic E-state index is 11.1. The molecule has 1 aliphatic carbocycles. The summed E-state index contributed by atoms with van der Waals surface area (Å²) in [6.45, 7) is 0. The van der Waals surface area contributed by atoms with E-state index in [2.05, 4.69) is 6.07 Å². The van der Waals surface area contributed by atoms with Crippen molar-refractivity contribution in [1.29, 1.82) is 0 Å². The van der Waals surface area contributed by atoms with Gasteiger partial charge in [-0.1, -0.05) is 24.3 Å². The minimum atomic E-state index is -0.992. The Labute approximate surface area is 115 Å². The average molecular weight is 274 g/mol. The lowest BCUT2D eigenvalue weighted by atomic mass is 10.0. The fraction of sp³-hybridized carbons (Fsp3) is 0.267. The molecule has 0 saturated heterocycles. The molecule has 4 heteroatoms. The number of thiophene rings is 1. The Hall–Kier alpha value is -1.65. The Bertz CT molecular complexity index is 613. The van der Waals surface area contributed by atoms with Crippen molar-refractivity contribution in [2.24, 2.45) is 0 Å². The number of rotatable bonds is 4. The highest BCUT2D eigenvalue weighted by molar-refractivity contribution is 7.10. The summed E-state index contributed by atoms with van der Waals surface area (Å²) in [5.41, 5.74) is 2.20. The molecule has 1 unspecified atom stereocenters. The highest BCUT2D eigenvalue weighted by atomic mass is 32.1. The number of carboxylic acids is 1. The Morgan fingerprint density at radius 3 is 2.79 bits per heavy atom. The van der Waals surface area contributed by atoms with Crippen LogP contribution in [0.5, 0.6) is 0 Å². The van der Waals surface area contributed by atoms with Crippen LogP contribution in [0.2, 0.25) is 0 Å². The predicted molar refractivity (Wildman–Crippen MR) is 73.8 cm³/mol. The van der Waals surface area contributed by atoms with Gasteiger partial charge >= 0.3 is 5.97 Å². The molecule has 0 radical (unpaired) electrons.